The fourth-order valence-electron chi connectivity index (χ4n) is 2.23. The van der Waals surface area contributed by atoms with Gasteiger partial charge in [-0.25, -0.2) is 0 Å². The highest BCUT2D eigenvalue weighted by atomic mass is 31.2. The number of anilines is 1. The van der Waals surface area contributed by atoms with Crippen LogP contribution < -0.4 is 16.4 Å². The van der Waals surface area contributed by atoms with Crippen LogP contribution in [0.2, 0.25) is 0 Å². The van der Waals surface area contributed by atoms with E-state index in [0.29, 0.717) is 29.8 Å². The molecule has 21 heavy (non-hydrogen) atoms. The Morgan fingerprint density at radius 1 is 1.52 bits per heavy atom. The van der Waals surface area contributed by atoms with E-state index in [1.807, 2.05) is 6.07 Å². The number of terminal acetylenes is 1. The lowest BCUT2D eigenvalue weighted by atomic mass is 9.93. The summed E-state index contributed by atoms with van der Waals surface area (Å²) in [5, 5.41) is 3.70. The molecule has 1 heterocycles. The summed E-state index contributed by atoms with van der Waals surface area (Å²) in [5.41, 5.74) is 7.33. The van der Waals surface area contributed by atoms with E-state index >= 15 is 0 Å². The van der Waals surface area contributed by atoms with Gasteiger partial charge in [0.05, 0.1) is 31.0 Å². The molecule has 0 aromatic heterocycles. The van der Waals surface area contributed by atoms with E-state index in [4.69, 9.17) is 16.9 Å². The summed E-state index contributed by atoms with van der Waals surface area (Å²) in [4.78, 5) is 11.8. The monoisotopic (exact) mass is 306 g/mol. The maximum atomic E-state index is 12.4. The number of carbonyl (C=O) groups excluding carboxylic acids is 1. The third-order valence-corrected chi connectivity index (χ3v) is 4.99. The number of amides is 1. The molecule has 1 aliphatic heterocycles. The summed E-state index contributed by atoms with van der Waals surface area (Å²) >= 11 is 0. The van der Waals surface area contributed by atoms with Gasteiger partial charge >= 0.3 is 0 Å². The standard InChI is InChI=1S/C15H19N2O3P/c1-4-5-17-14-12(10-8-20-9-10)6-11(21(2,3)19)7-13(14)15(16)18/h1,6-7,10,17H,5,8-9H2,2-3H3,(H2,16,18). The van der Waals surface area contributed by atoms with Crippen molar-refractivity contribution in [3.8, 4) is 12.3 Å². The first-order valence-electron chi connectivity index (χ1n) is 6.63. The van der Waals surface area contributed by atoms with E-state index in [1.165, 1.54) is 0 Å². The summed E-state index contributed by atoms with van der Waals surface area (Å²) < 4.78 is 17.6. The number of hydrogen-bond acceptors (Lipinski definition) is 4. The van der Waals surface area contributed by atoms with Crippen LogP contribution in [0.25, 0.3) is 0 Å². The summed E-state index contributed by atoms with van der Waals surface area (Å²) in [7, 11) is -2.50. The molecule has 5 nitrogen and oxygen atoms in total. The van der Waals surface area contributed by atoms with E-state index in [9.17, 15) is 9.36 Å². The van der Waals surface area contributed by atoms with Crippen LogP contribution in [0, 0.1) is 12.3 Å². The Kier molecular flexibility index (Phi) is 4.41. The van der Waals surface area contributed by atoms with Crippen LogP contribution >= 0.6 is 7.14 Å². The van der Waals surface area contributed by atoms with E-state index in [0.717, 1.165) is 5.56 Å². The van der Waals surface area contributed by atoms with Crippen molar-refractivity contribution in [3.05, 3.63) is 23.3 Å². The first-order chi connectivity index (χ1) is 9.84. The first kappa shape index (κ1) is 15.6. The lowest BCUT2D eigenvalue weighted by Crippen LogP contribution is -2.29. The van der Waals surface area contributed by atoms with Crippen LogP contribution in [0.3, 0.4) is 0 Å². The first-order valence-corrected chi connectivity index (χ1v) is 9.23. The molecule has 0 atom stereocenters. The van der Waals surface area contributed by atoms with Crippen LogP contribution in [0.15, 0.2) is 12.1 Å². The zero-order chi connectivity index (χ0) is 15.6. The number of carbonyl (C=O) groups is 1. The lowest BCUT2D eigenvalue weighted by molar-refractivity contribution is 0.00869. The minimum absolute atomic E-state index is 0.162. The molecule has 2 rings (SSSR count). The normalized spacial score (nSPS) is 15.1. The van der Waals surface area contributed by atoms with Gasteiger partial charge < -0.3 is 20.4 Å². The van der Waals surface area contributed by atoms with Gasteiger partial charge in [-0.1, -0.05) is 5.92 Å². The Morgan fingerprint density at radius 2 is 2.19 bits per heavy atom. The van der Waals surface area contributed by atoms with Gasteiger partial charge in [0.15, 0.2) is 0 Å². The number of ether oxygens (including phenoxy) is 1. The van der Waals surface area contributed by atoms with E-state index in [-0.39, 0.29) is 12.5 Å². The third-order valence-electron chi connectivity index (χ3n) is 3.49. The molecule has 0 aliphatic carbocycles. The molecule has 0 unspecified atom stereocenters. The van der Waals surface area contributed by atoms with Gasteiger partial charge in [-0.2, -0.15) is 0 Å². The van der Waals surface area contributed by atoms with Gasteiger partial charge in [0.2, 0.25) is 0 Å². The molecule has 1 aliphatic rings. The number of hydrogen-bond donors (Lipinski definition) is 2. The largest absolute Gasteiger partial charge is 0.380 e. The molecule has 0 radical (unpaired) electrons. The topological polar surface area (TPSA) is 81.4 Å². The van der Waals surface area contributed by atoms with Gasteiger partial charge in [-0.05, 0) is 31.0 Å². The Labute approximate surface area is 124 Å². The van der Waals surface area contributed by atoms with Crippen molar-refractivity contribution in [1.82, 2.24) is 0 Å². The molecule has 112 valence electrons. The van der Waals surface area contributed by atoms with Crippen LogP contribution in [0.4, 0.5) is 5.69 Å². The average Bonchev–Trinajstić information content (AvgIpc) is 2.33. The molecule has 3 N–H and O–H groups in total. The molecule has 1 saturated heterocycles. The Hall–Kier alpha value is -1.76. The Morgan fingerprint density at radius 3 is 2.62 bits per heavy atom. The minimum Gasteiger partial charge on any atom is -0.380 e. The molecular weight excluding hydrogens is 287 g/mol. The average molecular weight is 306 g/mol. The highest BCUT2D eigenvalue weighted by Gasteiger charge is 2.28. The predicted octanol–water partition coefficient (Wildman–Crippen LogP) is 1.19. The highest BCUT2D eigenvalue weighted by Crippen LogP contribution is 2.39. The number of rotatable bonds is 5. The smallest absolute Gasteiger partial charge is 0.250 e. The zero-order valence-corrected chi connectivity index (χ0v) is 13.1. The number of nitrogens with two attached hydrogens (primary N) is 1. The lowest BCUT2D eigenvalue weighted by Gasteiger charge is -2.30. The molecule has 6 heteroatoms. The highest BCUT2D eigenvalue weighted by molar-refractivity contribution is 7.70. The van der Waals surface area contributed by atoms with Crippen LogP contribution in [0.1, 0.15) is 21.8 Å². The molecule has 0 saturated carbocycles. The second-order valence-electron chi connectivity index (χ2n) is 5.46. The van der Waals surface area contributed by atoms with Crippen molar-refractivity contribution in [3.63, 3.8) is 0 Å². The van der Waals surface area contributed by atoms with E-state index < -0.39 is 13.0 Å². The van der Waals surface area contributed by atoms with E-state index in [1.54, 1.807) is 19.4 Å². The quantitative estimate of drug-likeness (QED) is 0.632. The van der Waals surface area contributed by atoms with Gasteiger partial charge in [0, 0.05) is 11.2 Å². The Bertz CT molecular complexity index is 654. The SMILES string of the molecule is C#CCNc1c(C(N)=O)cc(P(C)(C)=O)cc1C1COC1. The molecule has 1 fully saturated rings. The van der Waals surface area contributed by atoms with Gasteiger partial charge in [-0.15, -0.1) is 6.42 Å². The van der Waals surface area contributed by atoms with Crippen LogP contribution in [-0.2, 0) is 9.30 Å². The van der Waals surface area contributed by atoms with Crippen molar-refractivity contribution in [2.24, 2.45) is 5.73 Å². The second-order valence-corrected chi connectivity index (χ2v) is 8.68. The third kappa shape index (κ3) is 3.29. The molecule has 1 aromatic rings. The number of nitrogens with one attached hydrogen (secondary N) is 1. The van der Waals surface area contributed by atoms with Gasteiger partial charge in [0.25, 0.3) is 5.91 Å². The number of primary amides is 1. The van der Waals surface area contributed by atoms with Crippen molar-refractivity contribution in [1.29, 1.82) is 0 Å². The fourth-order valence-corrected chi connectivity index (χ4v) is 3.12. The minimum atomic E-state index is -2.50. The van der Waals surface area contributed by atoms with E-state index in [2.05, 4.69) is 11.2 Å². The predicted molar refractivity (Wildman–Crippen MR) is 84.9 cm³/mol. The van der Waals surface area contributed by atoms with Crippen molar-refractivity contribution >= 4 is 24.0 Å². The Balaban J connectivity index is 2.62. The van der Waals surface area contributed by atoms with Gasteiger partial charge in [0.1, 0.15) is 7.14 Å². The number of benzene rings is 1. The molecule has 0 bridgehead atoms. The molecule has 0 spiro atoms. The summed E-state index contributed by atoms with van der Waals surface area (Å²) in [6.07, 6.45) is 5.28. The van der Waals surface area contributed by atoms with Gasteiger partial charge in [-0.3, -0.25) is 4.79 Å². The fraction of sp³-hybridized carbons (Fsp3) is 0.400. The molecule has 1 amide bonds. The zero-order valence-electron chi connectivity index (χ0n) is 12.2. The van der Waals surface area contributed by atoms with Crippen LogP contribution in [0.5, 0.6) is 0 Å². The second kappa shape index (κ2) is 5.93. The maximum absolute atomic E-state index is 12.4. The summed E-state index contributed by atoms with van der Waals surface area (Å²) in [6, 6.07) is 3.48. The van der Waals surface area contributed by atoms with Crippen molar-refractivity contribution in [2.75, 3.05) is 38.4 Å². The summed E-state index contributed by atoms with van der Waals surface area (Å²) in [5.74, 6) is 2.08. The molecular formula is C15H19N2O3P. The summed E-state index contributed by atoms with van der Waals surface area (Å²) in [6.45, 7) is 4.77. The van der Waals surface area contributed by atoms with Crippen molar-refractivity contribution < 1.29 is 14.1 Å². The maximum Gasteiger partial charge on any atom is 0.250 e. The van der Waals surface area contributed by atoms with Crippen LogP contribution in [-0.4, -0.2) is 39.0 Å². The van der Waals surface area contributed by atoms with Crippen molar-refractivity contribution in [2.45, 2.75) is 5.92 Å². The molecule has 1 aromatic carbocycles.